The van der Waals surface area contributed by atoms with Gasteiger partial charge >= 0.3 is 0 Å². The van der Waals surface area contributed by atoms with E-state index in [9.17, 15) is 9.59 Å². The molecule has 134 valence electrons. The summed E-state index contributed by atoms with van der Waals surface area (Å²) in [7, 11) is 3.10. The van der Waals surface area contributed by atoms with E-state index in [4.69, 9.17) is 9.47 Å². The van der Waals surface area contributed by atoms with Crippen molar-refractivity contribution >= 4 is 34.8 Å². The Labute approximate surface area is 156 Å². The Kier molecular flexibility index (Phi) is 5.32. The summed E-state index contributed by atoms with van der Waals surface area (Å²) in [5.41, 5.74) is 1.55. The maximum atomic E-state index is 13.2. The standard InChI is InChI=1S/C20H19NO4S/c1-4-26-18-17(13-9-11-14(24-2)12-10-13)19(22)21(20(18)23)15-7-5-6-8-16(15)25-3/h5-12H,4H2,1-3H3. The van der Waals surface area contributed by atoms with Crippen LogP contribution in [0, 0.1) is 0 Å². The van der Waals surface area contributed by atoms with Gasteiger partial charge in [0.1, 0.15) is 11.5 Å². The van der Waals surface area contributed by atoms with E-state index in [-0.39, 0.29) is 11.8 Å². The molecule has 0 N–H and O–H groups in total. The molecular weight excluding hydrogens is 350 g/mol. The first-order valence-electron chi connectivity index (χ1n) is 8.15. The highest BCUT2D eigenvalue weighted by atomic mass is 32.2. The summed E-state index contributed by atoms with van der Waals surface area (Å²) in [6.45, 7) is 1.95. The number of hydrogen-bond donors (Lipinski definition) is 0. The molecule has 0 spiro atoms. The molecule has 0 saturated heterocycles. The fourth-order valence-electron chi connectivity index (χ4n) is 2.83. The normalized spacial score (nSPS) is 14.2. The fraction of sp³-hybridized carbons (Fsp3) is 0.200. The Morgan fingerprint density at radius 3 is 2.23 bits per heavy atom. The predicted octanol–water partition coefficient (Wildman–Crippen LogP) is 3.74. The van der Waals surface area contributed by atoms with Crippen molar-refractivity contribution in [3.8, 4) is 11.5 Å². The van der Waals surface area contributed by atoms with E-state index in [1.54, 1.807) is 55.6 Å². The summed E-state index contributed by atoms with van der Waals surface area (Å²) in [5, 5.41) is 0. The molecule has 2 aromatic carbocycles. The number of methoxy groups -OCH3 is 2. The van der Waals surface area contributed by atoms with Crippen molar-refractivity contribution in [3.63, 3.8) is 0 Å². The molecule has 26 heavy (non-hydrogen) atoms. The van der Waals surface area contributed by atoms with Gasteiger partial charge in [-0.25, -0.2) is 4.90 Å². The van der Waals surface area contributed by atoms with Crippen LogP contribution in [-0.2, 0) is 9.59 Å². The Morgan fingerprint density at radius 2 is 1.62 bits per heavy atom. The smallest absolute Gasteiger partial charge is 0.272 e. The van der Waals surface area contributed by atoms with Gasteiger partial charge in [0.2, 0.25) is 0 Å². The monoisotopic (exact) mass is 369 g/mol. The van der Waals surface area contributed by atoms with Crippen LogP contribution in [0.25, 0.3) is 5.57 Å². The van der Waals surface area contributed by atoms with Gasteiger partial charge in [-0.1, -0.05) is 31.2 Å². The lowest BCUT2D eigenvalue weighted by atomic mass is 10.1. The number of amides is 2. The molecule has 0 fully saturated rings. The quantitative estimate of drug-likeness (QED) is 0.726. The van der Waals surface area contributed by atoms with Crippen LogP contribution in [0.2, 0.25) is 0 Å². The van der Waals surface area contributed by atoms with Crippen molar-refractivity contribution in [1.29, 1.82) is 0 Å². The van der Waals surface area contributed by atoms with Crippen molar-refractivity contribution in [3.05, 3.63) is 59.0 Å². The summed E-state index contributed by atoms with van der Waals surface area (Å²) in [5.74, 6) is 1.19. The lowest BCUT2D eigenvalue weighted by molar-refractivity contribution is -0.119. The van der Waals surface area contributed by atoms with Crippen LogP contribution in [0.4, 0.5) is 5.69 Å². The minimum atomic E-state index is -0.347. The zero-order valence-electron chi connectivity index (χ0n) is 14.8. The topological polar surface area (TPSA) is 55.8 Å². The van der Waals surface area contributed by atoms with Gasteiger partial charge in [-0.3, -0.25) is 9.59 Å². The molecule has 2 amide bonds. The molecule has 0 aromatic heterocycles. The van der Waals surface area contributed by atoms with Crippen molar-refractivity contribution in [2.75, 3.05) is 24.9 Å². The first-order chi connectivity index (χ1) is 12.6. The zero-order chi connectivity index (χ0) is 18.7. The van der Waals surface area contributed by atoms with Gasteiger partial charge in [0.15, 0.2) is 0 Å². The second-order valence-electron chi connectivity index (χ2n) is 5.48. The largest absolute Gasteiger partial charge is 0.497 e. The average Bonchev–Trinajstić information content (AvgIpc) is 2.92. The third-order valence-electron chi connectivity index (χ3n) is 4.03. The van der Waals surface area contributed by atoms with Gasteiger partial charge in [0, 0.05) is 0 Å². The lowest BCUT2D eigenvalue weighted by Gasteiger charge is -2.18. The van der Waals surface area contributed by atoms with E-state index < -0.39 is 0 Å². The SMILES string of the molecule is CCSC1=C(c2ccc(OC)cc2)C(=O)N(c2ccccc2OC)C1=O. The summed E-state index contributed by atoms with van der Waals surface area (Å²) in [4.78, 5) is 27.8. The van der Waals surface area contributed by atoms with Gasteiger partial charge in [-0.05, 0) is 35.6 Å². The third-order valence-corrected chi connectivity index (χ3v) is 4.99. The maximum absolute atomic E-state index is 13.2. The maximum Gasteiger partial charge on any atom is 0.272 e. The van der Waals surface area contributed by atoms with E-state index in [0.29, 0.717) is 39.0 Å². The second kappa shape index (κ2) is 7.66. The van der Waals surface area contributed by atoms with Crippen LogP contribution in [-0.4, -0.2) is 31.8 Å². The van der Waals surface area contributed by atoms with Crippen LogP contribution in [0.1, 0.15) is 12.5 Å². The minimum Gasteiger partial charge on any atom is -0.497 e. The average molecular weight is 369 g/mol. The molecular formula is C20H19NO4S. The molecule has 0 saturated carbocycles. The molecule has 6 heteroatoms. The minimum absolute atomic E-state index is 0.322. The van der Waals surface area contributed by atoms with Crippen LogP contribution >= 0.6 is 11.8 Å². The molecule has 0 radical (unpaired) electrons. The van der Waals surface area contributed by atoms with Gasteiger partial charge in [-0.2, -0.15) is 0 Å². The van der Waals surface area contributed by atoms with Crippen LogP contribution in [0.3, 0.4) is 0 Å². The number of carbonyl (C=O) groups excluding carboxylic acids is 2. The highest BCUT2D eigenvalue weighted by Crippen LogP contribution is 2.41. The molecule has 1 aliphatic heterocycles. The molecule has 0 unspecified atom stereocenters. The number of para-hydroxylation sites is 2. The number of imide groups is 1. The Bertz CT molecular complexity index is 874. The molecule has 5 nitrogen and oxygen atoms in total. The molecule has 2 aromatic rings. The highest BCUT2D eigenvalue weighted by Gasteiger charge is 2.41. The Hall–Kier alpha value is -2.73. The first kappa shape index (κ1) is 18.1. The number of ether oxygens (including phenoxy) is 2. The van der Waals surface area contributed by atoms with E-state index in [0.717, 1.165) is 0 Å². The second-order valence-corrected chi connectivity index (χ2v) is 6.76. The first-order valence-corrected chi connectivity index (χ1v) is 9.14. The zero-order valence-corrected chi connectivity index (χ0v) is 15.6. The number of anilines is 1. The van der Waals surface area contributed by atoms with Gasteiger partial charge in [0.05, 0.1) is 30.4 Å². The van der Waals surface area contributed by atoms with Gasteiger partial charge in [0.25, 0.3) is 11.8 Å². The third kappa shape index (κ3) is 3.08. The number of hydrogen-bond acceptors (Lipinski definition) is 5. The predicted molar refractivity (Wildman–Crippen MR) is 104 cm³/mol. The Morgan fingerprint density at radius 1 is 0.923 bits per heavy atom. The van der Waals surface area contributed by atoms with E-state index in [2.05, 4.69) is 0 Å². The van der Waals surface area contributed by atoms with Crippen molar-refractivity contribution in [2.24, 2.45) is 0 Å². The highest BCUT2D eigenvalue weighted by molar-refractivity contribution is 8.04. The van der Waals surface area contributed by atoms with Crippen molar-refractivity contribution < 1.29 is 19.1 Å². The van der Waals surface area contributed by atoms with Crippen LogP contribution in [0.5, 0.6) is 11.5 Å². The van der Waals surface area contributed by atoms with Crippen molar-refractivity contribution in [1.82, 2.24) is 0 Å². The van der Waals surface area contributed by atoms with Crippen LogP contribution in [0.15, 0.2) is 53.4 Å². The number of nitrogens with zero attached hydrogens (tertiary/aromatic N) is 1. The van der Waals surface area contributed by atoms with E-state index in [1.165, 1.54) is 23.8 Å². The molecule has 3 rings (SSSR count). The Balaban J connectivity index is 2.09. The molecule has 0 atom stereocenters. The summed E-state index contributed by atoms with van der Waals surface area (Å²) in [6.07, 6.45) is 0. The lowest BCUT2D eigenvalue weighted by Crippen LogP contribution is -2.31. The summed E-state index contributed by atoms with van der Waals surface area (Å²) >= 11 is 1.37. The van der Waals surface area contributed by atoms with E-state index in [1.807, 2.05) is 6.92 Å². The van der Waals surface area contributed by atoms with Crippen molar-refractivity contribution in [2.45, 2.75) is 6.92 Å². The summed E-state index contributed by atoms with van der Waals surface area (Å²) < 4.78 is 10.5. The number of benzene rings is 2. The molecule has 0 aliphatic carbocycles. The van der Waals surface area contributed by atoms with Crippen LogP contribution < -0.4 is 14.4 Å². The number of rotatable bonds is 6. The molecule has 1 aliphatic rings. The summed E-state index contributed by atoms with van der Waals surface area (Å²) in [6, 6.07) is 14.2. The van der Waals surface area contributed by atoms with Gasteiger partial charge in [-0.15, -0.1) is 11.8 Å². The fourth-order valence-corrected chi connectivity index (χ4v) is 3.69. The molecule has 1 heterocycles. The number of thioether (sulfide) groups is 1. The molecule has 0 bridgehead atoms. The number of carbonyl (C=O) groups is 2. The van der Waals surface area contributed by atoms with E-state index >= 15 is 0 Å². The van der Waals surface area contributed by atoms with Gasteiger partial charge < -0.3 is 9.47 Å².